The van der Waals surface area contributed by atoms with Gasteiger partial charge in [-0.25, -0.2) is 19.0 Å². The van der Waals surface area contributed by atoms with Crippen molar-refractivity contribution < 1.29 is 29.3 Å². The fourth-order valence-corrected chi connectivity index (χ4v) is 8.86. The Bertz CT molecular complexity index is 2640. The van der Waals surface area contributed by atoms with Gasteiger partial charge in [0, 0.05) is 98.9 Å². The lowest BCUT2D eigenvalue weighted by Gasteiger charge is -2.32. The summed E-state index contributed by atoms with van der Waals surface area (Å²) in [5.41, 5.74) is 5.29. The first-order chi connectivity index (χ1) is 31.0. The molecule has 0 unspecified atom stereocenters. The molecule has 4 aromatic heterocycles. The molecule has 2 amide bonds. The number of carbonyl (C=O) groups is 2. The number of nitrogens with one attached hydrogen (secondary N) is 2. The minimum absolute atomic E-state index is 0.0532. The Balaban J connectivity index is 0.000000162. The van der Waals surface area contributed by atoms with Gasteiger partial charge in [0.05, 0.1) is 60.5 Å². The third-order valence-corrected chi connectivity index (χ3v) is 12.4. The van der Waals surface area contributed by atoms with E-state index in [1.165, 1.54) is 12.4 Å². The van der Waals surface area contributed by atoms with Crippen LogP contribution in [-0.2, 0) is 12.8 Å². The number of benzene rings is 2. The van der Waals surface area contributed by atoms with Crippen molar-refractivity contribution in [1.82, 2.24) is 29.2 Å². The van der Waals surface area contributed by atoms with Gasteiger partial charge < -0.3 is 40.1 Å². The molecule has 0 saturated carbocycles. The summed E-state index contributed by atoms with van der Waals surface area (Å²) in [6.45, 7) is 6.42. The zero-order chi connectivity index (χ0) is 44.6. The lowest BCUT2D eigenvalue weighted by molar-refractivity contribution is 0.0446. The number of nitrogens with zero attached hydrogens (tertiary/aromatic N) is 10. The van der Waals surface area contributed by atoms with Crippen LogP contribution in [0.3, 0.4) is 0 Å². The normalized spacial score (nSPS) is 20.6. The van der Waals surface area contributed by atoms with Crippen LogP contribution in [0.5, 0.6) is 11.5 Å². The first kappa shape index (κ1) is 42.0. The first-order valence-electron chi connectivity index (χ1n) is 21.4. The molecule has 10 rings (SSSR count). The molecule has 2 saturated heterocycles. The number of aliphatic hydroxyl groups is 2. The van der Waals surface area contributed by atoms with Crippen LogP contribution in [0.25, 0.3) is 11.3 Å². The molecule has 0 bridgehead atoms. The van der Waals surface area contributed by atoms with Crippen LogP contribution in [0.4, 0.5) is 22.7 Å². The van der Waals surface area contributed by atoms with E-state index in [0.29, 0.717) is 46.6 Å². The maximum Gasteiger partial charge on any atom is 0.261 e. The fraction of sp³-hybridized carbons (Fsp3) is 0.391. The zero-order valence-corrected chi connectivity index (χ0v) is 35.6. The summed E-state index contributed by atoms with van der Waals surface area (Å²) in [4.78, 5) is 39.2. The smallest absolute Gasteiger partial charge is 0.261 e. The van der Waals surface area contributed by atoms with Crippen molar-refractivity contribution in [1.29, 1.82) is 10.5 Å². The second-order valence-corrected chi connectivity index (χ2v) is 17.3. The lowest BCUT2D eigenvalue weighted by Crippen LogP contribution is -2.34. The minimum Gasteiger partial charge on any atom is -0.484 e. The highest BCUT2D eigenvalue weighted by molar-refractivity contribution is 6.10. The van der Waals surface area contributed by atoms with Gasteiger partial charge >= 0.3 is 0 Å². The highest BCUT2D eigenvalue weighted by Crippen LogP contribution is 2.44. The molecule has 64 heavy (non-hydrogen) atoms. The van der Waals surface area contributed by atoms with Crippen LogP contribution >= 0.6 is 0 Å². The first-order valence-corrected chi connectivity index (χ1v) is 21.4. The van der Waals surface area contributed by atoms with E-state index in [1.54, 1.807) is 46.0 Å². The third-order valence-electron chi connectivity index (χ3n) is 12.4. The van der Waals surface area contributed by atoms with Crippen molar-refractivity contribution in [3.63, 3.8) is 0 Å². The second kappa shape index (κ2) is 17.1. The van der Waals surface area contributed by atoms with Gasteiger partial charge in [0.1, 0.15) is 33.8 Å². The van der Waals surface area contributed by atoms with E-state index in [9.17, 15) is 30.3 Å². The van der Waals surface area contributed by atoms with Gasteiger partial charge in [-0.15, -0.1) is 0 Å². The Morgan fingerprint density at radius 2 is 1.11 bits per heavy atom. The van der Waals surface area contributed by atoms with Gasteiger partial charge in [-0.3, -0.25) is 9.59 Å². The largest absolute Gasteiger partial charge is 0.484 e. The Morgan fingerprint density at radius 1 is 0.703 bits per heavy atom. The Hall–Kier alpha value is -7.28. The van der Waals surface area contributed by atoms with Crippen molar-refractivity contribution in [2.45, 2.75) is 63.6 Å². The summed E-state index contributed by atoms with van der Waals surface area (Å²) in [6.07, 6.45) is 13.9. The number of fused-ring (bicyclic) bond motifs is 4. The van der Waals surface area contributed by atoms with Crippen molar-refractivity contribution in [2.24, 2.45) is 11.8 Å². The molecule has 2 fully saturated rings. The summed E-state index contributed by atoms with van der Waals surface area (Å²) in [7, 11) is 0. The highest BCUT2D eigenvalue weighted by atomic mass is 16.5. The van der Waals surface area contributed by atoms with E-state index in [1.807, 2.05) is 38.1 Å². The van der Waals surface area contributed by atoms with Crippen LogP contribution in [0.1, 0.15) is 71.4 Å². The Labute approximate surface area is 368 Å². The van der Waals surface area contributed by atoms with Gasteiger partial charge in [0.2, 0.25) is 0 Å². The van der Waals surface area contributed by atoms with Gasteiger partial charge in [0.25, 0.3) is 11.8 Å². The fourth-order valence-electron chi connectivity index (χ4n) is 8.86. The zero-order valence-electron chi connectivity index (χ0n) is 35.6. The topological polar surface area (TPSA) is 232 Å². The van der Waals surface area contributed by atoms with Crippen molar-refractivity contribution in [3.8, 4) is 23.6 Å². The number of rotatable bonds is 8. The van der Waals surface area contributed by atoms with E-state index in [4.69, 9.17) is 9.47 Å². The van der Waals surface area contributed by atoms with Crippen LogP contribution in [-0.4, -0.2) is 102 Å². The van der Waals surface area contributed by atoms with Crippen molar-refractivity contribution in [3.05, 3.63) is 95.8 Å². The molecule has 0 radical (unpaired) electrons. The van der Waals surface area contributed by atoms with Crippen LogP contribution in [0, 0.1) is 34.5 Å². The number of ether oxygens (including phenoxy) is 2. The predicted octanol–water partition coefficient (Wildman–Crippen LogP) is 4.81. The molecule has 6 aromatic rings. The molecule has 4 aliphatic rings. The minimum atomic E-state index is -0.678. The van der Waals surface area contributed by atoms with Crippen LogP contribution in [0.2, 0.25) is 0 Å². The summed E-state index contributed by atoms with van der Waals surface area (Å²) in [6, 6.07) is 15.9. The molecule has 328 valence electrons. The van der Waals surface area contributed by atoms with Gasteiger partial charge in [-0.2, -0.15) is 20.7 Å². The molecular weight excluding hydrogens is 817 g/mol. The molecule has 4 aliphatic heterocycles. The molecule has 18 heteroatoms. The van der Waals surface area contributed by atoms with E-state index in [0.717, 1.165) is 85.9 Å². The quantitative estimate of drug-likeness (QED) is 0.161. The molecule has 18 nitrogen and oxygen atoms in total. The molecular formula is C46H48N12O6. The lowest BCUT2D eigenvalue weighted by atomic mass is 9.96. The summed E-state index contributed by atoms with van der Waals surface area (Å²) in [5.74, 6) is 0.950. The molecule has 2 atom stereocenters. The van der Waals surface area contributed by atoms with Gasteiger partial charge in [-0.05, 0) is 63.8 Å². The van der Waals surface area contributed by atoms with Gasteiger partial charge in [0.15, 0.2) is 11.3 Å². The summed E-state index contributed by atoms with van der Waals surface area (Å²) < 4.78 is 15.2. The average Bonchev–Trinajstić information content (AvgIpc) is 4.11. The molecule has 0 spiro atoms. The Morgan fingerprint density at radius 3 is 1.48 bits per heavy atom. The second-order valence-electron chi connectivity index (χ2n) is 17.3. The number of hydrogen-bond acceptors (Lipinski definition) is 14. The van der Waals surface area contributed by atoms with Crippen molar-refractivity contribution in [2.75, 3.05) is 59.8 Å². The number of anilines is 4. The number of amides is 2. The molecule has 8 heterocycles. The average molecular weight is 865 g/mol. The third kappa shape index (κ3) is 8.21. The van der Waals surface area contributed by atoms with E-state index < -0.39 is 11.2 Å². The number of aromatic nitrogens is 6. The molecule has 2 aromatic carbocycles. The van der Waals surface area contributed by atoms with Crippen molar-refractivity contribution >= 4 is 45.9 Å². The van der Waals surface area contributed by atoms with E-state index >= 15 is 0 Å². The number of hydrogen-bond donors (Lipinski definition) is 4. The monoisotopic (exact) mass is 864 g/mol. The van der Waals surface area contributed by atoms with Gasteiger partial charge in [-0.1, -0.05) is 0 Å². The Kier molecular flexibility index (Phi) is 11.2. The SMILES string of the molecule is C[C@@]1(CO)Cc2cc(NC(=O)c3cnn4cccnc34)c(N3CCC(C#N)CC3)cc2O1.C[C@]1(CO)Cc2cc(NC(=O)c3cnn4cccnc34)c(N3CCC(C#N)CC3)cc2O1. The maximum atomic E-state index is 13.2. The van der Waals surface area contributed by atoms with Crippen LogP contribution in [0.15, 0.2) is 73.6 Å². The number of nitriles is 2. The van der Waals surface area contributed by atoms with Crippen LogP contribution < -0.4 is 29.9 Å². The number of aliphatic hydroxyl groups excluding tert-OH is 2. The molecule has 0 aliphatic carbocycles. The summed E-state index contributed by atoms with van der Waals surface area (Å²) in [5, 5.41) is 52.5. The number of piperidine rings is 2. The highest BCUT2D eigenvalue weighted by Gasteiger charge is 2.38. The van der Waals surface area contributed by atoms with E-state index in [2.05, 4.69) is 52.7 Å². The summed E-state index contributed by atoms with van der Waals surface area (Å²) >= 11 is 0. The predicted molar refractivity (Wildman–Crippen MR) is 236 cm³/mol. The molecule has 4 N–H and O–H groups in total. The standard InChI is InChI=1S/2C23H24N6O3/c2*1-23(14-30)11-16-9-18(27-22(31)17-13-26-29-6-2-5-25-21(17)29)19(10-20(16)32-23)28-7-3-15(12-24)4-8-28/h2*2,5-6,9-10,13,15,30H,3-4,7-8,11,14H2,1H3,(H,27,31)/t2*23-/m10/s1. The number of carbonyl (C=O) groups excluding carboxylic acids is 2. The van der Waals surface area contributed by atoms with E-state index in [-0.39, 0.29) is 36.9 Å². The maximum absolute atomic E-state index is 13.2.